The Balaban J connectivity index is 2.30. The minimum Gasteiger partial charge on any atom is -0.478 e. The number of hydrogen-bond acceptors (Lipinski definition) is 2. The average molecular weight is 233 g/mol. The Bertz CT molecular complexity index is 572. The van der Waals surface area contributed by atoms with Crippen molar-refractivity contribution < 1.29 is 19.1 Å². The minimum absolute atomic E-state index is 0.00969. The summed E-state index contributed by atoms with van der Waals surface area (Å²) in [5.41, 5.74) is 0.467. The van der Waals surface area contributed by atoms with E-state index in [-0.39, 0.29) is 17.0 Å². The van der Waals surface area contributed by atoms with E-state index < -0.39 is 11.8 Å². The number of carbonyl (C=O) groups excluding carboxylic acids is 1. The predicted molar refractivity (Wildman–Crippen MR) is 57.6 cm³/mol. The molecule has 0 radical (unpaired) electrons. The monoisotopic (exact) mass is 233 g/mol. The number of benzene rings is 1. The average Bonchev–Trinajstić information content (AvgIpc) is 2.78. The lowest BCUT2D eigenvalue weighted by Crippen LogP contribution is -2.01. The third-order valence-corrected chi connectivity index (χ3v) is 2.28. The van der Waals surface area contributed by atoms with Crippen LogP contribution in [0, 0.1) is 5.82 Å². The third kappa shape index (κ3) is 2.23. The summed E-state index contributed by atoms with van der Waals surface area (Å²) in [5.74, 6) is -1.92. The number of aromatic amines is 1. The van der Waals surface area contributed by atoms with Gasteiger partial charge in [0.15, 0.2) is 0 Å². The van der Waals surface area contributed by atoms with Crippen LogP contribution in [0.5, 0.6) is 0 Å². The molecule has 0 aliphatic carbocycles. The Morgan fingerprint density at radius 3 is 2.29 bits per heavy atom. The molecule has 2 N–H and O–H groups in total. The van der Waals surface area contributed by atoms with E-state index >= 15 is 0 Å². The van der Waals surface area contributed by atoms with Gasteiger partial charge in [0.05, 0.1) is 11.3 Å². The fourth-order valence-electron chi connectivity index (χ4n) is 1.41. The van der Waals surface area contributed by atoms with Gasteiger partial charge in [0.1, 0.15) is 5.82 Å². The number of carboxylic acids is 1. The first-order valence-corrected chi connectivity index (χ1v) is 4.80. The molecular weight excluding hydrogens is 225 g/mol. The standard InChI is InChI=1S/C12H8FNO3/c13-9-3-1-7(2-4-9)11(15)10-5-8(6-14-10)12(16)17/h1-6,14H,(H,16,17). The lowest BCUT2D eigenvalue weighted by atomic mass is 10.1. The first-order valence-electron chi connectivity index (χ1n) is 4.80. The summed E-state index contributed by atoms with van der Waals surface area (Å²) >= 11 is 0. The first-order chi connectivity index (χ1) is 8.08. The van der Waals surface area contributed by atoms with Gasteiger partial charge in [-0.3, -0.25) is 4.79 Å². The Labute approximate surface area is 95.7 Å². The summed E-state index contributed by atoms with van der Waals surface area (Å²) in [6.45, 7) is 0. The molecule has 0 bridgehead atoms. The number of hydrogen-bond donors (Lipinski definition) is 2. The predicted octanol–water partition coefficient (Wildman–Crippen LogP) is 2.08. The van der Waals surface area contributed by atoms with Gasteiger partial charge in [-0.25, -0.2) is 9.18 Å². The molecule has 17 heavy (non-hydrogen) atoms. The molecule has 0 saturated heterocycles. The second kappa shape index (κ2) is 4.21. The molecule has 4 nitrogen and oxygen atoms in total. The zero-order chi connectivity index (χ0) is 12.4. The lowest BCUT2D eigenvalue weighted by molar-refractivity contribution is 0.0697. The van der Waals surface area contributed by atoms with E-state index in [1.165, 1.54) is 36.5 Å². The minimum atomic E-state index is -1.11. The van der Waals surface area contributed by atoms with Crippen LogP contribution in [0.3, 0.4) is 0 Å². The summed E-state index contributed by atoms with van der Waals surface area (Å²) in [6, 6.07) is 6.29. The highest BCUT2D eigenvalue weighted by Crippen LogP contribution is 2.11. The van der Waals surface area contributed by atoms with E-state index in [1.54, 1.807) is 0 Å². The smallest absolute Gasteiger partial charge is 0.337 e. The van der Waals surface area contributed by atoms with Gasteiger partial charge in [-0.2, -0.15) is 0 Å². The summed E-state index contributed by atoms with van der Waals surface area (Å²) in [6.07, 6.45) is 1.24. The highest BCUT2D eigenvalue weighted by atomic mass is 19.1. The van der Waals surface area contributed by atoms with Gasteiger partial charge in [0.2, 0.25) is 5.78 Å². The highest BCUT2D eigenvalue weighted by Gasteiger charge is 2.13. The number of carbonyl (C=O) groups is 2. The number of H-pyrrole nitrogens is 1. The van der Waals surface area contributed by atoms with Crippen LogP contribution < -0.4 is 0 Å². The molecule has 0 saturated carbocycles. The van der Waals surface area contributed by atoms with Crippen molar-refractivity contribution in [2.45, 2.75) is 0 Å². The fourth-order valence-corrected chi connectivity index (χ4v) is 1.41. The van der Waals surface area contributed by atoms with E-state index in [0.29, 0.717) is 5.56 Å². The number of nitrogens with one attached hydrogen (secondary N) is 1. The summed E-state index contributed by atoms with van der Waals surface area (Å²) < 4.78 is 12.7. The van der Waals surface area contributed by atoms with Crippen molar-refractivity contribution in [2.24, 2.45) is 0 Å². The van der Waals surface area contributed by atoms with Crippen LogP contribution in [0.1, 0.15) is 26.4 Å². The van der Waals surface area contributed by atoms with Gasteiger partial charge in [-0.1, -0.05) is 0 Å². The lowest BCUT2D eigenvalue weighted by Gasteiger charge is -1.97. The molecule has 0 unspecified atom stereocenters. The molecule has 1 aromatic heterocycles. The van der Waals surface area contributed by atoms with Gasteiger partial charge < -0.3 is 10.1 Å². The molecule has 2 rings (SSSR count). The molecule has 0 spiro atoms. The maximum atomic E-state index is 12.7. The van der Waals surface area contributed by atoms with Crippen molar-refractivity contribution in [2.75, 3.05) is 0 Å². The SMILES string of the molecule is O=C(O)c1c[nH]c(C(=O)c2ccc(F)cc2)c1. The summed E-state index contributed by atoms with van der Waals surface area (Å²) in [7, 11) is 0. The molecule has 0 aliphatic rings. The van der Waals surface area contributed by atoms with Crippen LogP contribution in [0.15, 0.2) is 36.5 Å². The molecule has 0 atom stereocenters. The molecule has 2 aromatic rings. The van der Waals surface area contributed by atoms with Gasteiger partial charge >= 0.3 is 5.97 Å². The van der Waals surface area contributed by atoms with E-state index in [1.807, 2.05) is 0 Å². The molecule has 1 aromatic carbocycles. The number of aromatic nitrogens is 1. The van der Waals surface area contributed by atoms with Crippen molar-refractivity contribution in [3.8, 4) is 0 Å². The van der Waals surface area contributed by atoms with Crippen LogP contribution in [-0.2, 0) is 0 Å². The normalized spacial score (nSPS) is 10.2. The molecule has 86 valence electrons. The van der Waals surface area contributed by atoms with Crippen LogP contribution in [0.4, 0.5) is 4.39 Å². The van der Waals surface area contributed by atoms with Crippen molar-refractivity contribution in [1.82, 2.24) is 4.98 Å². The van der Waals surface area contributed by atoms with Crippen molar-refractivity contribution >= 4 is 11.8 Å². The van der Waals surface area contributed by atoms with Crippen LogP contribution >= 0.6 is 0 Å². The number of carboxylic acid groups (broad SMARTS) is 1. The molecular formula is C12H8FNO3. The Hall–Kier alpha value is -2.43. The topological polar surface area (TPSA) is 70.2 Å². The van der Waals surface area contributed by atoms with Crippen molar-refractivity contribution in [1.29, 1.82) is 0 Å². The van der Waals surface area contributed by atoms with E-state index in [9.17, 15) is 14.0 Å². The maximum Gasteiger partial charge on any atom is 0.337 e. The van der Waals surface area contributed by atoms with E-state index in [2.05, 4.69) is 4.98 Å². The largest absolute Gasteiger partial charge is 0.478 e. The summed E-state index contributed by atoms with van der Waals surface area (Å²) in [5, 5.41) is 8.71. The van der Waals surface area contributed by atoms with Gasteiger partial charge in [0, 0.05) is 11.8 Å². The number of ketones is 1. The fraction of sp³-hybridized carbons (Fsp3) is 0. The van der Waals surface area contributed by atoms with Gasteiger partial charge in [-0.05, 0) is 30.3 Å². The first kappa shape index (κ1) is 11.1. The number of aromatic carboxylic acids is 1. The quantitative estimate of drug-likeness (QED) is 0.797. The molecule has 0 fully saturated rings. The zero-order valence-corrected chi connectivity index (χ0v) is 8.61. The number of halogens is 1. The van der Waals surface area contributed by atoms with Gasteiger partial charge in [-0.15, -0.1) is 0 Å². The van der Waals surface area contributed by atoms with E-state index in [4.69, 9.17) is 5.11 Å². The maximum absolute atomic E-state index is 12.7. The van der Waals surface area contributed by atoms with Gasteiger partial charge in [0.25, 0.3) is 0 Å². The van der Waals surface area contributed by atoms with Crippen molar-refractivity contribution in [3.05, 3.63) is 59.2 Å². The molecule has 0 amide bonds. The Kier molecular flexibility index (Phi) is 2.74. The molecule has 0 aliphatic heterocycles. The third-order valence-electron chi connectivity index (χ3n) is 2.28. The number of rotatable bonds is 3. The highest BCUT2D eigenvalue weighted by molar-refractivity contribution is 6.08. The van der Waals surface area contributed by atoms with E-state index in [0.717, 1.165) is 0 Å². The summed E-state index contributed by atoms with van der Waals surface area (Å²) in [4.78, 5) is 25.1. The van der Waals surface area contributed by atoms with Crippen LogP contribution in [0.2, 0.25) is 0 Å². The zero-order valence-electron chi connectivity index (χ0n) is 8.61. The van der Waals surface area contributed by atoms with Crippen LogP contribution in [-0.4, -0.2) is 21.8 Å². The molecule has 1 heterocycles. The second-order valence-corrected chi connectivity index (χ2v) is 3.44. The molecule has 5 heteroatoms. The van der Waals surface area contributed by atoms with Crippen molar-refractivity contribution in [3.63, 3.8) is 0 Å². The Morgan fingerprint density at radius 1 is 1.12 bits per heavy atom. The van der Waals surface area contributed by atoms with Crippen LogP contribution in [0.25, 0.3) is 0 Å². The Morgan fingerprint density at radius 2 is 1.76 bits per heavy atom. The second-order valence-electron chi connectivity index (χ2n) is 3.44.